The first-order chi connectivity index (χ1) is 7.24. The molecule has 3 heteroatoms. The second-order valence-corrected chi connectivity index (χ2v) is 5.47. The minimum Gasteiger partial charge on any atom is -0.593 e. The number of rotatable bonds is 3. The molecule has 0 aliphatic carbocycles. The molecule has 1 aromatic rings. The van der Waals surface area contributed by atoms with Gasteiger partial charge >= 0.3 is 0 Å². The summed E-state index contributed by atoms with van der Waals surface area (Å²) < 4.78 is 14.2. The van der Waals surface area contributed by atoms with E-state index >= 15 is 0 Å². The van der Waals surface area contributed by atoms with Gasteiger partial charge in [0.2, 0.25) is 0 Å². The van der Waals surface area contributed by atoms with Crippen molar-refractivity contribution in [2.75, 3.05) is 6.54 Å². The standard InChI is InChI=1S/C12H17NOS/c1-3-4-8-13-9-11-10(2)6-5-7-12(11)15(13)14/h5-7H,3-4,8-9H2,1-2H3. The molecule has 1 atom stereocenters. The molecule has 0 saturated heterocycles. The van der Waals surface area contributed by atoms with Crippen LogP contribution in [-0.4, -0.2) is 15.4 Å². The van der Waals surface area contributed by atoms with E-state index in [-0.39, 0.29) is 0 Å². The van der Waals surface area contributed by atoms with E-state index in [9.17, 15) is 4.55 Å². The number of hydrogen-bond donors (Lipinski definition) is 0. The van der Waals surface area contributed by atoms with Crippen LogP contribution in [-0.2, 0) is 17.9 Å². The first kappa shape index (κ1) is 11.0. The van der Waals surface area contributed by atoms with E-state index in [1.54, 1.807) is 0 Å². The summed E-state index contributed by atoms with van der Waals surface area (Å²) in [6, 6.07) is 6.08. The molecule has 1 aliphatic heterocycles. The molecule has 82 valence electrons. The van der Waals surface area contributed by atoms with E-state index in [0.717, 1.165) is 30.8 Å². The number of unbranched alkanes of at least 4 members (excludes halogenated alkanes) is 1. The number of nitrogens with zero attached hydrogens (tertiary/aromatic N) is 1. The maximum atomic E-state index is 12.1. The first-order valence-corrected chi connectivity index (χ1v) is 6.60. The van der Waals surface area contributed by atoms with Crippen molar-refractivity contribution in [1.82, 2.24) is 4.31 Å². The molecule has 0 fully saturated rings. The Morgan fingerprint density at radius 3 is 2.93 bits per heavy atom. The van der Waals surface area contributed by atoms with Gasteiger partial charge in [0.1, 0.15) is 0 Å². The first-order valence-electron chi connectivity index (χ1n) is 5.49. The van der Waals surface area contributed by atoms with Gasteiger partial charge in [-0.05, 0) is 25.0 Å². The quantitative estimate of drug-likeness (QED) is 0.736. The fraction of sp³-hybridized carbons (Fsp3) is 0.500. The maximum absolute atomic E-state index is 12.1. The molecule has 1 heterocycles. The third-order valence-corrected chi connectivity index (χ3v) is 4.42. The minimum atomic E-state index is -0.914. The smallest absolute Gasteiger partial charge is 0.179 e. The van der Waals surface area contributed by atoms with Gasteiger partial charge < -0.3 is 4.55 Å². The molecule has 15 heavy (non-hydrogen) atoms. The topological polar surface area (TPSA) is 26.3 Å². The average Bonchev–Trinajstić information content (AvgIpc) is 2.55. The zero-order chi connectivity index (χ0) is 10.8. The molecule has 0 radical (unpaired) electrons. The summed E-state index contributed by atoms with van der Waals surface area (Å²) >= 11 is -0.914. The highest BCUT2D eigenvalue weighted by Crippen LogP contribution is 2.32. The lowest BCUT2D eigenvalue weighted by atomic mass is 10.1. The van der Waals surface area contributed by atoms with Crippen LogP contribution in [0.2, 0.25) is 0 Å². The van der Waals surface area contributed by atoms with Crippen LogP contribution in [0.4, 0.5) is 0 Å². The Balaban J connectivity index is 2.18. The summed E-state index contributed by atoms with van der Waals surface area (Å²) in [7, 11) is 0. The highest BCUT2D eigenvalue weighted by atomic mass is 32.2. The van der Waals surface area contributed by atoms with Gasteiger partial charge in [0.05, 0.1) is 17.9 Å². The molecular formula is C12H17NOS. The van der Waals surface area contributed by atoms with Crippen molar-refractivity contribution in [2.45, 2.75) is 38.1 Å². The predicted octanol–water partition coefficient (Wildman–Crippen LogP) is 2.63. The van der Waals surface area contributed by atoms with Crippen molar-refractivity contribution >= 4 is 11.4 Å². The monoisotopic (exact) mass is 223 g/mol. The van der Waals surface area contributed by atoms with Gasteiger partial charge in [-0.3, -0.25) is 0 Å². The fourth-order valence-electron chi connectivity index (χ4n) is 1.91. The van der Waals surface area contributed by atoms with Gasteiger partial charge in [-0.1, -0.05) is 25.5 Å². The van der Waals surface area contributed by atoms with Crippen LogP contribution in [0.1, 0.15) is 30.9 Å². The largest absolute Gasteiger partial charge is 0.593 e. The number of hydrogen-bond acceptors (Lipinski definition) is 2. The fourth-order valence-corrected chi connectivity index (χ4v) is 3.36. The van der Waals surface area contributed by atoms with Crippen LogP contribution in [0.3, 0.4) is 0 Å². The number of benzene rings is 1. The Bertz CT molecular complexity index is 353. The molecule has 1 aromatic carbocycles. The van der Waals surface area contributed by atoms with Crippen LogP contribution in [0.15, 0.2) is 23.1 Å². The van der Waals surface area contributed by atoms with Crippen LogP contribution in [0.5, 0.6) is 0 Å². The molecule has 1 unspecified atom stereocenters. The van der Waals surface area contributed by atoms with E-state index < -0.39 is 11.4 Å². The highest BCUT2D eigenvalue weighted by Gasteiger charge is 2.33. The molecule has 0 bridgehead atoms. The Morgan fingerprint density at radius 2 is 2.27 bits per heavy atom. The third-order valence-electron chi connectivity index (χ3n) is 2.89. The van der Waals surface area contributed by atoms with Gasteiger partial charge in [-0.2, -0.15) is 0 Å². The molecule has 0 saturated carbocycles. The van der Waals surface area contributed by atoms with Crippen molar-refractivity contribution in [3.63, 3.8) is 0 Å². The summed E-state index contributed by atoms with van der Waals surface area (Å²) in [6.45, 7) is 6.06. The SMILES string of the molecule is CCCCN1Cc2c(C)cccc2[S+]1[O-]. The molecule has 0 spiro atoms. The summed E-state index contributed by atoms with van der Waals surface area (Å²) in [6.07, 6.45) is 2.28. The van der Waals surface area contributed by atoms with Crippen molar-refractivity contribution < 1.29 is 4.55 Å². The lowest BCUT2D eigenvalue weighted by molar-refractivity contribution is 0.414. The Morgan fingerprint density at radius 1 is 1.47 bits per heavy atom. The van der Waals surface area contributed by atoms with E-state index in [0.29, 0.717) is 0 Å². The van der Waals surface area contributed by atoms with E-state index in [1.165, 1.54) is 11.1 Å². The van der Waals surface area contributed by atoms with Gasteiger partial charge in [0, 0.05) is 12.1 Å². The van der Waals surface area contributed by atoms with Gasteiger partial charge in [-0.15, -0.1) is 4.31 Å². The molecule has 0 N–H and O–H groups in total. The van der Waals surface area contributed by atoms with Crippen molar-refractivity contribution in [2.24, 2.45) is 0 Å². The van der Waals surface area contributed by atoms with E-state index in [1.807, 2.05) is 12.1 Å². The minimum absolute atomic E-state index is 0.856. The van der Waals surface area contributed by atoms with Crippen LogP contribution in [0, 0.1) is 6.92 Å². The lowest BCUT2D eigenvalue weighted by Gasteiger charge is -2.15. The average molecular weight is 223 g/mol. The molecular weight excluding hydrogens is 206 g/mol. The van der Waals surface area contributed by atoms with Crippen LogP contribution >= 0.6 is 0 Å². The molecule has 0 amide bonds. The Kier molecular flexibility index (Phi) is 3.34. The van der Waals surface area contributed by atoms with Crippen LogP contribution < -0.4 is 0 Å². The molecule has 0 aromatic heterocycles. The summed E-state index contributed by atoms with van der Waals surface area (Å²) in [5, 5.41) is 0. The molecule has 2 nitrogen and oxygen atoms in total. The second-order valence-electron chi connectivity index (χ2n) is 4.02. The predicted molar refractivity (Wildman–Crippen MR) is 62.9 cm³/mol. The van der Waals surface area contributed by atoms with Crippen molar-refractivity contribution in [1.29, 1.82) is 0 Å². The zero-order valence-electron chi connectivity index (χ0n) is 9.32. The van der Waals surface area contributed by atoms with Crippen LogP contribution in [0.25, 0.3) is 0 Å². The maximum Gasteiger partial charge on any atom is 0.179 e. The normalized spacial score (nSPS) is 20.6. The third kappa shape index (κ3) is 2.05. The number of aryl methyl sites for hydroxylation is 1. The van der Waals surface area contributed by atoms with Crippen molar-refractivity contribution in [3.05, 3.63) is 29.3 Å². The summed E-state index contributed by atoms with van der Waals surface area (Å²) in [5.74, 6) is 0. The van der Waals surface area contributed by atoms with Crippen molar-refractivity contribution in [3.8, 4) is 0 Å². The number of fused-ring (bicyclic) bond motifs is 1. The van der Waals surface area contributed by atoms with Gasteiger partial charge in [-0.25, -0.2) is 0 Å². The Labute approximate surface area is 94.6 Å². The summed E-state index contributed by atoms with van der Waals surface area (Å²) in [4.78, 5) is 1.02. The Hall–Kier alpha value is -0.510. The molecule has 1 aliphatic rings. The lowest BCUT2D eigenvalue weighted by Crippen LogP contribution is -2.25. The zero-order valence-corrected chi connectivity index (χ0v) is 10.1. The van der Waals surface area contributed by atoms with Gasteiger partial charge in [0.25, 0.3) is 0 Å². The van der Waals surface area contributed by atoms with E-state index in [2.05, 4.69) is 24.2 Å². The second kappa shape index (κ2) is 4.56. The van der Waals surface area contributed by atoms with E-state index in [4.69, 9.17) is 0 Å². The highest BCUT2D eigenvalue weighted by molar-refractivity contribution is 7.89. The summed E-state index contributed by atoms with van der Waals surface area (Å²) in [5.41, 5.74) is 2.53. The molecule has 2 rings (SSSR count). The van der Waals surface area contributed by atoms with Gasteiger partial charge in [0.15, 0.2) is 4.90 Å².